The SMILES string of the molecule is COCCn1c(SCc2cc(C)ccc2OC)nnc1-c1ccc(Cl)cc1. The predicted octanol–water partition coefficient (Wildman–Crippen LogP) is 4.85. The van der Waals surface area contributed by atoms with Crippen molar-refractivity contribution in [1.82, 2.24) is 14.8 Å². The number of ether oxygens (including phenoxy) is 2. The van der Waals surface area contributed by atoms with E-state index in [4.69, 9.17) is 21.1 Å². The molecule has 0 aliphatic rings. The van der Waals surface area contributed by atoms with Crippen molar-refractivity contribution in [2.75, 3.05) is 20.8 Å². The van der Waals surface area contributed by atoms with Gasteiger partial charge in [-0.05, 0) is 37.3 Å². The number of aromatic nitrogens is 3. The quantitative estimate of drug-likeness (QED) is 0.503. The molecule has 0 bridgehead atoms. The van der Waals surface area contributed by atoms with Crippen LogP contribution in [0.15, 0.2) is 47.6 Å². The van der Waals surface area contributed by atoms with Crippen molar-refractivity contribution in [3.8, 4) is 17.1 Å². The van der Waals surface area contributed by atoms with Crippen LogP contribution in [-0.4, -0.2) is 35.6 Å². The van der Waals surface area contributed by atoms with E-state index in [1.54, 1.807) is 26.0 Å². The molecular weight excluding hydrogens is 382 g/mol. The normalized spacial score (nSPS) is 11.0. The van der Waals surface area contributed by atoms with Crippen LogP contribution in [-0.2, 0) is 17.0 Å². The third-order valence-electron chi connectivity index (χ3n) is 4.13. The van der Waals surface area contributed by atoms with Crippen molar-refractivity contribution < 1.29 is 9.47 Å². The molecule has 0 saturated carbocycles. The van der Waals surface area contributed by atoms with Gasteiger partial charge in [-0.2, -0.15) is 0 Å². The largest absolute Gasteiger partial charge is 0.496 e. The van der Waals surface area contributed by atoms with Gasteiger partial charge in [0.15, 0.2) is 11.0 Å². The highest BCUT2D eigenvalue weighted by Crippen LogP contribution is 2.30. The van der Waals surface area contributed by atoms with Gasteiger partial charge in [0.2, 0.25) is 0 Å². The minimum atomic E-state index is 0.583. The summed E-state index contributed by atoms with van der Waals surface area (Å²) >= 11 is 7.64. The molecule has 3 aromatic rings. The highest BCUT2D eigenvalue weighted by molar-refractivity contribution is 7.98. The molecule has 0 fully saturated rings. The molecule has 1 aromatic heterocycles. The van der Waals surface area contributed by atoms with Gasteiger partial charge in [0.25, 0.3) is 0 Å². The smallest absolute Gasteiger partial charge is 0.191 e. The van der Waals surface area contributed by atoms with Crippen molar-refractivity contribution in [1.29, 1.82) is 0 Å². The fraction of sp³-hybridized carbons (Fsp3) is 0.300. The minimum absolute atomic E-state index is 0.583. The van der Waals surface area contributed by atoms with E-state index in [0.29, 0.717) is 18.2 Å². The van der Waals surface area contributed by atoms with Crippen LogP contribution in [0.1, 0.15) is 11.1 Å². The number of aryl methyl sites for hydroxylation is 1. The molecule has 0 saturated heterocycles. The molecule has 2 aromatic carbocycles. The van der Waals surface area contributed by atoms with Crippen molar-refractivity contribution >= 4 is 23.4 Å². The number of nitrogens with zero attached hydrogens (tertiary/aromatic N) is 3. The molecule has 142 valence electrons. The Labute approximate surface area is 168 Å². The summed E-state index contributed by atoms with van der Waals surface area (Å²) < 4.78 is 12.8. The Morgan fingerprint density at radius 1 is 1.07 bits per heavy atom. The van der Waals surface area contributed by atoms with Gasteiger partial charge in [-0.25, -0.2) is 0 Å². The molecule has 0 N–H and O–H groups in total. The molecule has 0 atom stereocenters. The van der Waals surface area contributed by atoms with Crippen LogP contribution in [0.4, 0.5) is 0 Å². The lowest BCUT2D eigenvalue weighted by atomic mass is 10.1. The Kier molecular flexibility index (Phi) is 6.77. The Bertz CT molecular complexity index is 897. The van der Waals surface area contributed by atoms with Gasteiger partial charge in [-0.3, -0.25) is 4.57 Å². The van der Waals surface area contributed by atoms with Crippen molar-refractivity contribution in [3.63, 3.8) is 0 Å². The van der Waals surface area contributed by atoms with E-state index in [1.807, 2.05) is 36.4 Å². The summed E-state index contributed by atoms with van der Waals surface area (Å²) in [6.45, 7) is 3.34. The average Bonchev–Trinajstić information content (AvgIpc) is 3.08. The second-order valence-corrected chi connectivity index (χ2v) is 7.44. The van der Waals surface area contributed by atoms with Crippen LogP contribution in [0.2, 0.25) is 5.02 Å². The first-order chi connectivity index (χ1) is 13.1. The second kappa shape index (κ2) is 9.26. The highest BCUT2D eigenvalue weighted by atomic mass is 35.5. The molecule has 0 amide bonds. The number of thioether (sulfide) groups is 1. The zero-order valence-electron chi connectivity index (χ0n) is 15.6. The van der Waals surface area contributed by atoms with E-state index in [9.17, 15) is 0 Å². The van der Waals surface area contributed by atoms with Crippen molar-refractivity contribution in [2.24, 2.45) is 0 Å². The van der Waals surface area contributed by atoms with Crippen LogP contribution in [0.3, 0.4) is 0 Å². The predicted molar refractivity (Wildman–Crippen MR) is 110 cm³/mol. The first kappa shape index (κ1) is 19.7. The number of methoxy groups -OCH3 is 2. The summed E-state index contributed by atoms with van der Waals surface area (Å²) in [5, 5.41) is 10.4. The molecule has 7 heteroatoms. The lowest BCUT2D eigenvalue weighted by Gasteiger charge is -2.11. The molecule has 0 radical (unpaired) electrons. The summed E-state index contributed by atoms with van der Waals surface area (Å²) in [5.41, 5.74) is 3.31. The minimum Gasteiger partial charge on any atom is -0.496 e. The van der Waals surface area contributed by atoms with Crippen LogP contribution in [0.25, 0.3) is 11.4 Å². The van der Waals surface area contributed by atoms with Gasteiger partial charge in [-0.1, -0.05) is 41.1 Å². The summed E-state index contributed by atoms with van der Waals surface area (Å²) in [7, 11) is 3.38. The molecule has 3 rings (SSSR count). The maximum absolute atomic E-state index is 6.01. The Morgan fingerprint density at radius 3 is 2.56 bits per heavy atom. The number of rotatable bonds is 8. The molecule has 27 heavy (non-hydrogen) atoms. The maximum atomic E-state index is 6.01. The molecule has 0 aliphatic carbocycles. The Balaban J connectivity index is 1.87. The van der Waals surface area contributed by atoms with Gasteiger partial charge >= 0.3 is 0 Å². The molecule has 0 aliphatic heterocycles. The van der Waals surface area contributed by atoms with Crippen LogP contribution < -0.4 is 4.74 Å². The zero-order valence-corrected chi connectivity index (χ0v) is 17.2. The van der Waals surface area contributed by atoms with E-state index in [1.165, 1.54) is 5.56 Å². The Hall–Kier alpha value is -2.02. The molecule has 0 unspecified atom stereocenters. The third-order valence-corrected chi connectivity index (χ3v) is 5.40. The topological polar surface area (TPSA) is 49.2 Å². The van der Waals surface area contributed by atoms with Gasteiger partial charge in [0.1, 0.15) is 5.75 Å². The van der Waals surface area contributed by atoms with E-state index in [0.717, 1.165) is 33.6 Å². The second-order valence-electron chi connectivity index (χ2n) is 6.06. The highest BCUT2D eigenvalue weighted by Gasteiger charge is 2.15. The molecular formula is C20H22ClN3O2S. The van der Waals surface area contributed by atoms with Crippen molar-refractivity contribution in [3.05, 3.63) is 58.6 Å². The number of halogens is 1. The maximum Gasteiger partial charge on any atom is 0.191 e. The van der Waals surface area contributed by atoms with Gasteiger partial charge in [0.05, 0.1) is 20.3 Å². The monoisotopic (exact) mass is 403 g/mol. The fourth-order valence-electron chi connectivity index (χ4n) is 2.75. The summed E-state index contributed by atoms with van der Waals surface area (Å²) in [6, 6.07) is 13.8. The Morgan fingerprint density at radius 2 is 1.85 bits per heavy atom. The lowest BCUT2D eigenvalue weighted by molar-refractivity contribution is 0.185. The molecule has 1 heterocycles. The van der Waals surface area contributed by atoms with Gasteiger partial charge < -0.3 is 9.47 Å². The number of hydrogen-bond donors (Lipinski definition) is 0. The van der Waals surface area contributed by atoms with Gasteiger partial charge in [0, 0.05) is 29.0 Å². The summed E-state index contributed by atoms with van der Waals surface area (Å²) in [6.07, 6.45) is 0. The standard InChI is InChI=1S/C20H22ClN3O2S/c1-14-4-9-18(26-3)16(12-14)13-27-20-23-22-19(24(20)10-11-25-2)15-5-7-17(21)8-6-15/h4-9,12H,10-11,13H2,1-3H3. The van der Waals surface area contributed by atoms with E-state index < -0.39 is 0 Å². The number of hydrogen-bond acceptors (Lipinski definition) is 5. The average molecular weight is 404 g/mol. The first-order valence-corrected chi connectivity index (χ1v) is 9.93. The van der Waals surface area contributed by atoms with Gasteiger partial charge in [-0.15, -0.1) is 10.2 Å². The molecule has 0 spiro atoms. The third kappa shape index (κ3) is 4.83. The zero-order chi connectivity index (χ0) is 19.2. The first-order valence-electron chi connectivity index (χ1n) is 8.56. The lowest BCUT2D eigenvalue weighted by Crippen LogP contribution is -2.07. The van der Waals surface area contributed by atoms with E-state index in [2.05, 4.69) is 27.8 Å². The van der Waals surface area contributed by atoms with Crippen molar-refractivity contribution in [2.45, 2.75) is 24.4 Å². The fourth-order valence-corrected chi connectivity index (χ4v) is 3.82. The molecule has 5 nitrogen and oxygen atoms in total. The number of benzene rings is 2. The van der Waals surface area contributed by atoms with E-state index >= 15 is 0 Å². The summed E-state index contributed by atoms with van der Waals surface area (Å²) in [4.78, 5) is 0. The van der Waals surface area contributed by atoms with Crippen LogP contribution in [0, 0.1) is 6.92 Å². The summed E-state index contributed by atoms with van der Waals surface area (Å²) in [5.74, 6) is 2.44. The van der Waals surface area contributed by atoms with Crippen LogP contribution >= 0.6 is 23.4 Å². The van der Waals surface area contributed by atoms with Crippen LogP contribution in [0.5, 0.6) is 5.75 Å². The van der Waals surface area contributed by atoms with E-state index in [-0.39, 0.29) is 0 Å².